The molecule has 1 atom stereocenters. The second kappa shape index (κ2) is 8.01. The number of morpholine rings is 1. The van der Waals surface area contributed by atoms with Crippen LogP contribution < -0.4 is 5.73 Å². The molecule has 0 radical (unpaired) electrons. The third-order valence-corrected chi connectivity index (χ3v) is 4.02. The molecule has 1 aliphatic heterocycles. The number of guanidine groups is 1. The highest BCUT2D eigenvalue weighted by Crippen LogP contribution is 2.14. The van der Waals surface area contributed by atoms with E-state index < -0.39 is 0 Å². The first-order valence-corrected chi connectivity index (χ1v) is 7.10. The van der Waals surface area contributed by atoms with Gasteiger partial charge in [0.15, 0.2) is 5.96 Å². The van der Waals surface area contributed by atoms with Crippen molar-refractivity contribution in [3.05, 3.63) is 16.1 Å². The van der Waals surface area contributed by atoms with Gasteiger partial charge in [0.1, 0.15) is 5.01 Å². The minimum Gasteiger partial charge on any atom is -0.375 e. The van der Waals surface area contributed by atoms with E-state index in [0.717, 1.165) is 24.5 Å². The van der Waals surface area contributed by atoms with E-state index in [1.54, 1.807) is 11.3 Å². The van der Waals surface area contributed by atoms with E-state index in [9.17, 15) is 0 Å². The first-order chi connectivity index (χ1) is 8.69. The second-order valence-corrected chi connectivity index (χ2v) is 5.58. The number of rotatable bonds is 3. The number of thiazole rings is 1. The highest BCUT2D eigenvalue weighted by atomic mass is 127. The second-order valence-electron chi connectivity index (χ2n) is 4.38. The van der Waals surface area contributed by atoms with Crippen LogP contribution in [0.5, 0.6) is 0 Å². The fourth-order valence-corrected chi connectivity index (χ4v) is 2.65. The van der Waals surface area contributed by atoms with Crippen LogP contribution in [0.1, 0.15) is 23.7 Å². The zero-order valence-electron chi connectivity index (χ0n) is 11.3. The maximum atomic E-state index is 6.00. The van der Waals surface area contributed by atoms with E-state index in [-0.39, 0.29) is 30.1 Å². The Morgan fingerprint density at radius 2 is 2.47 bits per heavy atom. The van der Waals surface area contributed by atoms with E-state index in [4.69, 9.17) is 10.5 Å². The number of aromatic nitrogens is 1. The molecule has 1 saturated heterocycles. The summed E-state index contributed by atoms with van der Waals surface area (Å²) < 4.78 is 5.48. The lowest BCUT2D eigenvalue weighted by atomic mass is 10.3. The Kier molecular flexibility index (Phi) is 7.01. The molecule has 7 heteroatoms. The first kappa shape index (κ1) is 16.6. The van der Waals surface area contributed by atoms with Crippen LogP contribution in [0.25, 0.3) is 0 Å². The predicted octanol–water partition coefficient (Wildman–Crippen LogP) is 1.86. The Morgan fingerprint density at radius 3 is 3.11 bits per heavy atom. The molecule has 5 nitrogen and oxygen atoms in total. The molecule has 2 rings (SSSR count). The number of aliphatic imine (C=N–C) groups is 1. The van der Waals surface area contributed by atoms with Gasteiger partial charge in [0, 0.05) is 24.2 Å². The van der Waals surface area contributed by atoms with Gasteiger partial charge < -0.3 is 15.4 Å². The van der Waals surface area contributed by atoms with Gasteiger partial charge in [0.05, 0.1) is 19.3 Å². The first-order valence-electron chi connectivity index (χ1n) is 6.29. The Balaban J connectivity index is 0.00000180. The molecular weight excluding hydrogens is 375 g/mol. The van der Waals surface area contributed by atoms with Gasteiger partial charge >= 0.3 is 0 Å². The molecule has 1 fully saturated rings. The minimum absolute atomic E-state index is 0. The normalized spacial score (nSPS) is 20.2. The molecule has 0 aliphatic carbocycles. The van der Waals surface area contributed by atoms with E-state index in [2.05, 4.69) is 21.8 Å². The van der Waals surface area contributed by atoms with Crippen molar-refractivity contribution in [2.45, 2.75) is 32.9 Å². The summed E-state index contributed by atoms with van der Waals surface area (Å²) in [4.78, 5) is 12.1. The summed E-state index contributed by atoms with van der Waals surface area (Å²) in [6.07, 6.45) is 3.17. The Labute approximate surface area is 135 Å². The number of nitrogens with two attached hydrogens (primary N) is 1. The van der Waals surface area contributed by atoms with Gasteiger partial charge in [0.25, 0.3) is 0 Å². The lowest BCUT2D eigenvalue weighted by Gasteiger charge is -2.31. The van der Waals surface area contributed by atoms with Crippen molar-refractivity contribution in [1.29, 1.82) is 0 Å². The largest absolute Gasteiger partial charge is 0.375 e. The van der Waals surface area contributed by atoms with Crippen molar-refractivity contribution in [1.82, 2.24) is 9.88 Å². The quantitative estimate of drug-likeness (QED) is 0.481. The van der Waals surface area contributed by atoms with Crippen LogP contribution >= 0.6 is 35.3 Å². The number of ether oxygens (including phenoxy) is 1. The summed E-state index contributed by atoms with van der Waals surface area (Å²) in [6.45, 7) is 7.10. The summed E-state index contributed by atoms with van der Waals surface area (Å²) in [5.74, 6) is 0.596. The van der Waals surface area contributed by atoms with Gasteiger partial charge in [-0.2, -0.15) is 0 Å². The van der Waals surface area contributed by atoms with Crippen LogP contribution in [0.4, 0.5) is 0 Å². The van der Waals surface area contributed by atoms with Gasteiger partial charge in [-0.25, -0.2) is 9.98 Å². The average Bonchev–Trinajstić information content (AvgIpc) is 2.84. The average molecular weight is 396 g/mol. The molecule has 0 amide bonds. The summed E-state index contributed by atoms with van der Waals surface area (Å²) in [5, 5.41) is 1.02. The Morgan fingerprint density at radius 1 is 1.68 bits per heavy atom. The topological polar surface area (TPSA) is 63.7 Å². The molecule has 0 saturated carbocycles. The van der Waals surface area contributed by atoms with E-state index in [1.165, 1.54) is 4.88 Å². The molecule has 0 aromatic carbocycles. The third-order valence-electron chi connectivity index (χ3n) is 2.89. The summed E-state index contributed by atoms with van der Waals surface area (Å²) in [5.41, 5.74) is 6.00. The van der Waals surface area contributed by atoms with Crippen molar-refractivity contribution in [2.75, 3.05) is 19.7 Å². The standard InChI is InChI=1S/C12H20N4OS.HI/c1-3-10-6-14-11(18-10)7-15-12(13)16-4-5-17-9(2)8-16;/h6,9H,3-5,7-8H2,1-2H3,(H2,13,15);1H. The maximum Gasteiger partial charge on any atom is 0.191 e. The summed E-state index contributed by atoms with van der Waals surface area (Å²) in [7, 11) is 0. The van der Waals surface area contributed by atoms with Gasteiger partial charge in [-0.15, -0.1) is 35.3 Å². The Bertz CT molecular complexity index is 424. The molecule has 108 valence electrons. The van der Waals surface area contributed by atoms with Crippen molar-refractivity contribution in [3.8, 4) is 0 Å². The monoisotopic (exact) mass is 396 g/mol. The molecule has 2 heterocycles. The van der Waals surface area contributed by atoms with Crippen LogP contribution in [0, 0.1) is 0 Å². The zero-order valence-corrected chi connectivity index (χ0v) is 14.5. The van der Waals surface area contributed by atoms with Gasteiger partial charge in [-0.1, -0.05) is 6.92 Å². The molecule has 2 N–H and O–H groups in total. The molecular formula is C12H21IN4OS. The molecule has 1 unspecified atom stereocenters. The summed E-state index contributed by atoms with van der Waals surface area (Å²) >= 11 is 1.71. The summed E-state index contributed by atoms with van der Waals surface area (Å²) in [6, 6.07) is 0. The smallest absolute Gasteiger partial charge is 0.191 e. The van der Waals surface area contributed by atoms with Crippen LogP contribution in [-0.4, -0.2) is 41.6 Å². The van der Waals surface area contributed by atoms with Crippen molar-refractivity contribution >= 4 is 41.3 Å². The van der Waals surface area contributed by atoms with Gasteiger partial charge in [0.2, 0.25) is 0 Å². The van der Waals surface area contributed by atoms with Gasteiger partial charge in [-0.05, 0) is 13.3 Å². The van der Waals surface area contributed by atoms with E-state index >= 15 is 0 Å². The molecule has 1 aromatic rings. The number of hydrogen-bond donors (Lipinski definition) is 1. The number of hydrogen-bond acceptors (Lipinski definition) is 4. The SMILES string of the molecule is CCc1cnc(CN=C(N)N2CCOC(C)C2)s1.I. The Hall–Kier alpha value is -0.410. The van der Waals surface area contributed by atoms with Crippen LogP contribution in [0.15, 0.2) is 11.2 Å². The molecule has 1 aromatic heterocycles. The van der Waals surface area contributed by atoms with Crippen molar-refractivity contribution in [3.63, 3.8) is 0 Å². The lowest BCUT2D eigenvalue weighted by Crippen LogP contribution is -2.47. The zero-order chi connectivity index (χ0) is 13.0. The van der Waals surface area contributed by atoms with Crippen LogP contribution in [0.2, 0.25) is 0 Å². The van der Waals surface area contributed by atoms with E-state index in [1.807, 2.05) is 13.1 Å². The minimum atomic E-state index is 0. The molecule has 1 aliphatic rings. The lowest BCUT2D eigenvalue weighted by molar-refractivity contribution is 0.00529. The number of halogens is 1. The van der Waals surface area contributed by atoms with Crippen molar-refractivity contribution in [2.24, 2.45) is 10.7 Å². The van der Waals surface area contributed by atoms with Crippen LogP contribution in [-0.2, 0) is 17.7 Å². The number of aryl methyl sites for hydroxylation is 1. The molecule has 19 heavy (non-hydrogen) atoms. The van der Waals surface area contributed by atoms with Gasteiger partial charge in [-0.3, -0.25) is 0 Å². The molecule has 0 bridgehead atoms. The number of nitrogens with zero attached hydrogens (tertiary/aromatic N) is 3. The fourth-order valence-electron chi connectivity index (χ4n) is 1.86. The van der Waals surface area contributed by atoms with Crippen LogP contribution in [0.3, 0.4) is 0 Å². The molecule has 0 spiro atoms. The maximum absolute atomic E-state index is 6.00. The fraction of sp³-hybridized carbons (Fsp3) is 0.667. The van der Waals surface area contributed by atoms with E-state index in [0.29, 0.717) is 19.1 Å². The predicted molar refractivity (Wildman–Crippen MR) is 89.2 cm³/mol. The third kappa shape index (κ3) is 4.88. The van der Waals surface area contributed by atoms with Crippen molar-refractivity contribution < 1.29 is 4.74 Å². The highest BCUT2D eigenvalue weighted by Gasteiger charge is 2.17. The highest BCUT2D eigenvalue weighted by molar-refractivity contribution is 14.0.